The summed E-state index contributed by atoms with van der Waals surface area (Å²) < 4.78 is 47.6. The van der Waals surface area contributed by atoms with Crippen molar-refractivity contribution in [2.75, 3.05) is 18.5 Å². The van der Waals surface area contributed by atoms with Gasteiger partial charge in [0.1, 0.15) is 11.3 Å². The van der Waals surface area contributed by atoms with Crippen LogP contribution in [0.1, 0.15) is 71.2 Å². The van der Waals surface area contributed by atoms with E-state index in [1.165, 1.54) is 12.1 Å². The summed E-state index contributed by atoms with van der Waals surface area (Å²) in [5.41, 5.74) is 1.74. The van der Waals surface area contributed by atoms with Gasteiger partial charge in [0, 0.05) is 24.4 Å². The molecule has 1 saturated carbocycles. The van der Waals surface area contributed by atoms with Crippen LogP contribution in [0.4, 0.5) is 19.0 Å². The molecule has 41 heavy (non-hydrogen) atoms. The van der Waals surface area contributed by atoms with E-state index in [2.05, 4.69) is 15.3 Å². The first-order chi connectivity index (χ1) is 19.7. The van der Waals surface area contributed by atoms with Gasteiger partial charge in [-0.2, -0.15) is 13.2 Å². The van der Waals surface area contributed by atoms with E-state index in [4.69, 9.17) is 9.72 Å². The number of fused-ring (bicyclic) bond motifs is 1. The largest absolute Gasteiger partial charge is 0.475 e. The number of hydrogen-bond donors (Lipinski definition) is 2. The lowest BCUT2D eigenvalue weighted by molar-refractivity contribution is -0.137. The summed E-state index contributed by atoms with van der Waals surface area (Å²) in [5.74, 6) is -0.423. The number of aromatic nitrogens is 4. The molecule has 4 aromatic rings. The number of nitrogens with zero attached hydrogens (tertiary/aromatic N) is 4. The van der Waals surface area contributed by atoms with Crippen LogP contribution in [0.25, 0.3) is 11.2 Å². The van der Waals surface area contributed by atoms with Crippen molar-refractivity contribution >= 4 is 23.0 Å². The summed E-state index contributed by atoms with van der Waals surface area (Å²) in [6.45, 7) is 3.11. The molecule has 2 fully saturated rings. The lowest BCUT2D eigenvalue weighted by atomic mass is 9.80. The van der Waals surface area contributed by atoms with Crippen molar-refractivity contribution in [2.45, 2.75) is 56.8 Å². The van der Waals surface area contributed by atoms with Crippen molar-refractivity contribution in [2.24, 2.45) is 5.92 Å². The maximum absolute atomic E-state index is 13.3. The van der Waals surface area contributed by atoms with E-state index < -0.39 is 17.7 Å². The number of imidazole rings is 1. The lowest BCUT2D eigenvalue weighted by Crippen LogP contribution is -2.31. The van der Waals surface area contributed by atoms with Gasteiger partial charge in [0.15, 0.2) is 11.5 Å². The fourth-order valence-corrected chi connectivity index (χ4v) is 5.78. The molecule has 2 aromatic carbocycles. The molecule has 1 saturated heterocycles. The summed E-state index contributed by atoms with van der Waals surface area (Å²) >= 11 is 0. The minimum absolute atomic E-state index is 0.0171. The third kappa shape index (κ3) is 5.38. The van der Waals surface area contributed by atoms with Crippen molar-refractivity contribution < 1.29 is 27.8 Å². The molecular weight excluding hydrogens is 535 g/mol. The summed E-state index contributed by atoms with van der Waals surface area (Å²) in [4.78, 5) is 25.5. The quantitative estimate of drug-likeness (QED) is 0.267. The molecule has 214 valence electrons. The highest BCUT2D eigenvalue weighted by Gasteiger charge is 2.36. The molecule has 0 radical (unpaired) electrons. The number of aromatic carboxylic acids is 1. The molecule has 2 aliphatic rings. The van der Waals surface area contributed by atoms with Gasteiger partial charge in [-0.15, -0.1) is 0 Å². The van der Waals surface area contributed by atoms with Crippen LogP contribution in [0.2, 0.25) is 0 Å². The Hall–Kier alpha value is -3.99. The summed E-state index contributed by atoms with van der Waals surface area (Å²) in [7, 11) is 0. The van der Waals surface area contributed by atoms with Crippen LogP contribution in [-0.4, -0.2) is 49.9 Å². The number of carboxylic acids is 1. The fraction of sp³-hybridized carbons (Fsp3) is 0.400. The monoisotopic (exact) mass is 565 g/mol. The average Bonchev–Trinajstić information content (AvgIpc) is 3.53. The van der Waals surface area contributed by atoms with Crippen molar-refractivity contribution in [3.8, 4) is 0 Å². The number of halogens is 3. The van der Waals surface area contributed by atoms with Crippen LogP contribution in [0.5, 0.6) is 0 Å². The van der Waals surface area contributed by atoms with Crippen molar-refractivity contribution in [1.29, 1.82) is 0 Å². The second-order valence-electron chi connectivity index (χ2n) is 10.9. The van der Waals surface area contributed by atoms with Crippen LogP contribution in [0.15, 0.2) is 54.6 Å². The predicted molar refractivity (Wildman–Crippen MR) is 146 cm³/mol. The first kappa shape index (κ1) is 27.2. The number of anilines is 1. The van der Waals surface area contributed by atoms with E-state index in [0.29, 0.717) is 41.9 Å². The van der Waals surface area contributed by atoms with Gasteiger partial charge < -0.3 is 19.7 Å². The highest BCUT2D eigenvalue weighted by Crippen LogP contribution is 2.40. The SMILES string of the molecule is CC(Nc1nc(C(=O)O)nc2nc(C3COCC3c3ccccc3)n(Cc3ccc(C(F)(F)F)cc3)c12)C1CCC1. The van der Waals surface area contributed by atoms with E-state index in [-0.39, 0.29) is 35.9 Å². The van der Waals surface area contributed by atoms with E-state index >= 15 is 0 Å². The van der Waals surface area contributed by atoms with Crippen LogP contribution >= 0.6 is 0 Å². The number of alkyl halides is 3. The molecule has 2 N–H and O–H groups in total. The maximum atomic E-state index is 13.3. The Balaban J connectivity index is 1.50. The third-order valence-corrected chi connectivity index (χ3v) is 8.31. The Bertz CT molecular complexity index is 1550. The zero-order valence-electron chi connectivity index (χ0n) is 22.4. The van der Waals surface area contributed by atoms with Gasteiger partial charge in [-0.05, 0) is 48.9 Å². The molecule has 1 aliphatic carbocycles. The van der Waals surface area contributed by atoms with Gasteiger partial charge in [-0.3, -0.25) is 0 Å². The van der Waals surface area contributed by atoms with E-state index in [0.717, 1.165) is 37.0 Å². The maximum Gasteiger partial charge on any atom is 0.416 e. The zero-order valence-corrected chi connectivity index (χ0v) is 22.4. The lowest BCUT2D eigenvalue weighted by Gasteiger charge is -2.32. The number of carboxylic acid groups (broad SMARTS) is 1. The van der Waals surface area contributed by atoms with Gasteiger partial charge in [0.05, 0.1) is 18.8 Å². The molecular formula is C30H30F3N5O3. The van der Waals surface area contributed by atoms with E-state index in [9.17, 15) is 23.1 Å². The van der Waals surface area contributed by atoms with Gasteiger partial charge in [0.2, 0.25) is 5.82 Å². The highest BCUT2D eigenvalue weighted by atomic mass is 19.4. The smallest absolute Gasteiger partial charge is 0.416 e. The van der Waals surface area contributed by atoms with Gasteiger partial charge >= 0.3 is 12.1 Å². The Morgan fingerprint density at radius 1 is 1.05 bits per heavy atom. The van der Waals surface area contributed by atoms with Crippen LogP contribution in [-0.2, 0) is 17.5 Å². The second kappa shape index (κ2) is 10.8. The fourth-order valence-electron chi connectivity index (χ4n) is 5.78. The minimum Gasteiger partial charge on any atom is -0.475 e. The normalized spacial score (nSPS) is 20.2. The van der Waals surface area contributed by atoms with Gasteiger partial charge in [0.25, 0.3) is 0 Å². The van der Waals surface area contributed by atoms with Crippen LogP contribution in [0.3, 0.4) is 0 Å². The van der Waals surface area contributed by atoms with Crippen molar-refractivity contribution in [1.82, 2.24) is 19.5 Å². The molecule has 0 bridgehead atoms. The molecule has 11 heteroatoms. The summed E-state index contributed by atoms with van der Waals surface area (Å²) in [6, 6.07) is 15.0. The number of nitrogens with one attached hydrogen (secondary N) is 1. The van der Waals surface area contributed by atoms with Crippen molar-refractivity contribution in [3.63, 3.8) is 0 Å². The predicted octanol–water partition coefficient (Wildman–Crippen LogP) is 6.09. The number of benzene rings is 2. The molecule has 0 spiro atoms. The number of carbonyl (C=O) groups is 1. The Labute approximate surface area is 234 Å². The topological polar surface area (TPSA) is 102 Å². The van der Waals surface area contributed by atoms with Crippen molar-refractivity contribution in [3.05, 3.63) is 82.9 Å². The molecule has 1 aliphatic heterocycles. The van der Waals surface area contributed by atoms with Gasteiger partial charge in [-0.25, -0.2) is 19.7 Å². The molecule has 3 atom stereocenters. The zero-order chi connectivity index (χ0) is 28.7. The van der Waals surface area contributed by atoms with Gasteiger partial charge in [-0.1, -0.05) is 48.9 Å². The number of hydrogen-bond acceptors (Lipinski definition) is 6. The molecule has 3 heterocycles. The third-order valence-electron chi connectivity index (χ3n) is 8.31. The Morgan fingerprint density at radius 3 is 2.39 bits per heavy atom. The van der Waals surface area contributed by atoms with E-state index in [1.807, 2.05) is 41.8 Å². The Kier molecular flexibility index (Phi) is 7.14. The number of rotatable bonds is 8. The Morgan fingerprint density at radius 2 is 1.76 bits per heavy atom. The number of ether oxygens (including phenoxy) is 1. The van der Waals surface area contributed by atoms with E-state index in [1.54, 1.807) is 0 Å². The molecule has 0 amide bonds. The van der Waals surface area contributed by atoms with Crippen LogP contribution in [0, 0.1) is 5.92 Å². The minimum atomic E-state index is -4.44. The second-order valence-corrected chi connectivity index (χ2v) is 10.9. The average molecular weight is 566 g/mol. The highest BCUT2D eigenvalue weighted by molar-refractivity contribution is 5.91. The molecule has 8 nitrogen and oxygen atoms in total. The van der Waals surface area contributed by atoms with Crippen LogP contribution < -0.4 is 5.32 Å². The summed E-state index contributed by atoms with van der Waals surface area (Å²) in [6.07, 6.45) is -1.15. The first-order valence-corrected chi connectivity index (χ1v) is 13.8. The first-order valence-electron chi connectivity index (χ1n) is 13.8. The molecule has 2 aromatic heterocycles. The molecule has 6 rings (SSSR count). The molecule has 3 unspecified atom stereocenters. The standard InChI is InChI=1S/C30H30F3N5O3/c1-17(19-8-5-9-19)34-25-24-26(36-27(35-25)29(39)40)37-28(23-16-41-15-22(23)20-6-3-2-4-7-20)38(24)14-18-10-12-21(13-11-18)30(31,32)33/h2-4,6-7,10-13,17,19,22-23H,5,8-9,14-16H2,1H3,(H,39,40)(H,34,35,36). The summed E-state index contributed by atoms with van der Waals surface area (Å²) in [5, 5.41) is 13.2.